The number of carbonyl (C=O) groups excluding carboxylic acids is 2. The minimum absolute atomic E-state index is 0.0765. The lowest BCUT2D eigenvalue weighted by Gasteiger charge is -2.15. The van der Waals surface area contributed by atoms with Crippen LogP contribution in [0.1, 0.15) is 136 Å². The van der Waals surface area contributed by atoms with Gasteiger partial charge in [-0.1, -0.05) is 95.9 Å². The second-order valence-corrected chi connectivity index (χ2v) is 12.2. The molecule has 2 unspecified atom stereocenters. The normalized spacial score (nSPS) is 13.9. The summed E-state index contributed by atoms with van der Waals surface area (Å²) < 4.78 is 26.6. The number of hydrogen-bond donors (Lipinski definition) is 3. The highest BCUT2D eigenvalue weighted by atomic mass is 31.2. The van der Waals surface area contributed by atoms with Gasteiger partial charge in [-0.05, 0) is 51.4 Å². The number of phosphoric ester groups is 1. The molecule has 42 heavy (non-hydrogen) atoms. The average molecular weight is 618 g/mol. The SMILES string of the molecule is CCC/C=C\CCCCCCCC(=O)NCCOP(=O)(O)OCC(O)COC(=O)CCCCCCC/C=C\CCCC. The lowest BCUT2D eigenvalue weighted by Crippen LogP contribution is -2.27. The number of unbranched alkanes of at least 4 members (excludes halogenated alkanes) is 13. The minimum atomic E-state index is -4.40. The molecule has 246 valence electrons. The maximum absolute atomic E-state index is 12.0. The summed E-state index contributed by atoms with van der Waals surface area (Å²) in [6.07, 6.45) is 26.9. The van der Waals surface area contributed by atoms with Crippen LogP contribution in [-0.2, 0) is 27.9 Å². The number of hydrogen-bond acceptors (Lipinski definition) is 7. The van der Waals surface area contributed by atoms with Crippen LogP contribution in [0, 0.1) is 0 Å². The van der Waals surface area contributed by atoms with Crippen molar-refractivity contribution in [1.29, 1.82) is 0 Å². The molecule has 9 nitrogen and oxygen atoms in total. The van der Waals surface area contributed by atoms with Crippen LogP contribution in [0.15, 0.2) is 24.3 Å². The number of aliphatic hydroxyl groups excluding tert-OH is 1. The van der Waals surface area contributed by atoms with Gasteiger partial charge >= 0.3 is 13.8 Å². The third-order valence-corrected chi connectivity index (χ3v) is 7.57. The second-order valence-electron chi connectivity index (χ2n) is 10.8. The number of nitrogens with one attached hydrogen (secondary N) is 1. The Morgan fingerprint density at radius 1 is 0.714 bits per heavy atom. The van der Waals surface area contributed by atoms with Crippen molar-refractivity contribution in [1.82, 2.24) is 5.32 Å². The molecule has 0 saturated heterocycles. The molecule has 1 amide bonds. The number of carbonyl (C=O) groups is 2. The van der Waals surface area contributed by atoms with Crippen molar-refractivity contribution < 1.29 is 37.9 Å². The Bertz CT molecular complexity index is 759. The Labute approximate surface area is 255 Å². The van der Waals surface area contributed by atoms with Crippen molar-refractivity contribution in [3.63, 3.8) is 0 Å². The molecule has 0 aliphatic carbocycles. The van der Waals surface area contributed by atoms with E-state index in [1.54, 1.807) is 0 Å². The Hall–Kier alpha value is -1.51. The summed E-state index contributed by atoms with van der Waals surface area (Å²) in [5.74, 6) is -0.542. The standard InChI is InChI=1S/C32H60NO8P/c1-3-5-7-9-11-13-15-17-19-21-23-25-32(36)39-28-30(34)29-41-42(37,38)40-27-26-33-31(35)24-22-20-18-16-14-12-10-8-6-4-2/h8-11,30,34H,3-7,12-29H2,1-2H3,(H,33,35)(H,37,38)/b10-8-,11-9-. The zero-order chi connectivity index (χ0) is 31.2. The summed E-state index contributed by atoms with van der Waals surface area (Å²) in [6, 6.07) is 0. The zero-order valence-corrected chi connectivity index (χ0v) is 27.3. The van der Waals surface area contributed by atoms with Gasteiger partial charge in [-0.25, -0.2) is 4.57 Å². The fourth-order valence-corrected chi connectivity index (χ4v) is 4.82. The fraction of sp³-hybridized carbons (Fsp3) is 0.812. The van der Waals surface area contributed by atoms with E-state index >= 15 is 0 Å². The van der Waals surface area contributed by atoms with E-state index in [-0.39, 0.29) is 32.1 Å². The highest BCUT2D eigenvalue weighted by Crippen LogP contribution is 2.42. The first-order valence-electron chi connectivity index (χ1n) is 16.3. The average Bonchev–Trinajstić information content (AvgIpc) is 2.97. The number of ether oxygens (including phenoxy) is 1. The summed E-state index contributed by atoms with van der Waals surface area (Å²) in [4.78, 5) is 33.5. The molecule has 0 aliphatic rings. The van der Waals surface area contributed by atoms with Crippen molar-refractivity contribution >= 4 is 19.7 Å². The maximum Gasteiger partial charge on any atom is 0.472 e. The molecule has 3 N–H and O–H groups in total. The van der Waals surface area contributed by atoms with Gasteiger partial charge in [0.05, 0.1) is 13.2 Å². The minimum Gasteiger partial charge on any atom is -0.463 e. The molecule has 10 heteroatoms. The second kappa shape index (κ2) is 29.6. The Morgan fingerprint density at radius 2 is 1.26 bits per heavy atom. The van der Waals surface area contributed by atoms with E-state index in [1.807, 2.05) is 0 Å². The first-order chi connectivity index (χ1) is 20.3. The topological polar surface area (TPSA) is 131 Å². The van der Waals surface area contributed by atoms with Gasteiger partial charge in [-0.3, -0.25) is 18.6 Å². The van der Waals surface area contributed by atoms with Crippen LogP contribution in [0.5, 0.6) is 0 Å². The molecule has 0 bridgehead atoms. The summed E-state index contributed by atoms with van der Waals surface area (Å²) >= 11 is 0. The highest BCUT2D eigenvalue weighted by molar-refractivity contribution is 7.47. The van der Waals surface area contributed by atoms with E-state index in [1.165, 1.54) is 25.7 Å². The molecule has 0 aromatic rings. The molecule has 0 aromatic carbocycles. The largest absolute Gasteiger partial charge is 0.472 e. The van der Waals surface area contributed by atoms with Crippen LogP contribution in [0.25, 0.3) is 0 Å². The van der Waals surface area contributed by atoms with E-state index in [9.17, 15) is 24.2 Å². The van der Waals surface area contributed by atoms with E-state index < -0.39 is 26.5 Å². The number of rotatable bonds is 30. The first kappa shape index (κ1) is 40.5. The van der Waals surface area contributed by atoms with Gasteiger partial charge in [0.1, 0.15) is 12.7 Å². The molecule has 0 radical (unpaired) electrons. The van der Waals surface area contributed by atoms with E-state index in [4.69, 9.17) is 13.8 Å². The molecule has 0 aliphatic heterocycles. The van der Waals surface area contributed by atoms with Crippen LogP contribution in [0.4, 0.5) is 0 Å². The Balaban J connectivity index is 3.68. The number of allylic oxidation sites excluding steroid dienone is 4. The Kier molecular flexibility index (Phi) is 28.5. The van der Waals surface area contributed by atoms with Gasteiger partial charge in [-0.2, -0.15) is 0 Å². The van der Waals surface area contributed by atoms with Crippen LogP contribution in [0.2, 0.25) is 0 Å². The maximum atomic E-state index is 12.0. The summed E-state index contributed by atoms with van der Waals surface area (Å²) in [5.41, 5.74) is 0. The van der Waals surface area contributed by atoms with Gasteiger partial charge in [-0.15, -0.1) is 0 Å². The van der Waals surface area contributed by atoms with Crippen molar-refractivity contribution in [3.8, 4) is 0 Å². The van der Waals surface area contributed by atoms with Gasteiger partial charge in [0.2, 0.25) is 5.91 Å². The third-order valence-electron chi connectivity index (χ3n) is 6.58. The predicted octanol–water partition coefficient (Wildman–Crippen LogP) is 7.70. The first-order valence-corrected chi connectivity index (χ1v) is 17.8. The highest BCUT2D eigenvalue weighted by Gasteiger charge is 2.23. The fourth-order valence-electron chi connectivity index (χ4n) is 4.07. The van der Waals surface area contributed by atoms with Gasteiger partial charge in [0, 0.05) is 19.4 Å². The summed E-state index contributed by atoms with van der Waals surface area (Å²) in [6.45, 7) is 3.39. The third kappa shape index (κ3) is 30.0. The quantitative estimate of drug-likeness (QED) is 0.0323. The van der Waals surface area contributed by atoms with Crippen LogP contribution < -0.4 is 5.32 Å². The molecule has 0 rings (SSSR count). The molecule has 0 heterocycles. The number of amides is 1. The van der Waals surface area contributed by atoms with Gasteiger partial charge in [0.25, 0.3) is 0 Å². The van der Waals surface area contributed by atoms with Crippen molar-refractivity contribution in [2.45, 2.75) is 142 Å². The number of esters is 1. The Morgan fingerprint density at radius 3 is 1.88 bits per heavy atom. The smallest absolute Gasteiger partial charge is 0.463 e. The van der Waals surface area contributed by atoms with Crippen LogP contribution in [-0.4, -0.2) is 54.3 Å². The van der Waals surface area contributed by atoms with E-state index in [0.29, 0.717) is 6.42 Å². The van der Waals surface area contributed by atoms with E-state index in [0.717, 1.165) is 83.5 Å². The molecule has 0 spiro atoms. The van der Waals surface area contributed by atoms with Crippen LogP contribution in [0.3, 0.4) is 0 Å². The number of aliphatic hydroxyl groups is 1. The number of phosphoric acid groups is 1. The summed E-state index contributed by atoms with van der Waals surface area (Å²) in [5, 5.41) is 12.6. The van der Waals surface area contributed by atoms with E-state index in [2.05, 4.69) is 43.5 Å². The molecule has 2 atom stereocenters. The molecule has 0 saturated carbocycles. The van der Waals surface area contributed by atoms with Crippen molar-refractivity contribution in [2.75, 3.05) is 26.4 Å². The molecular weight excluding hydrogens is 557 g/mol. The molecular formula is C32H60NO8P. The monoisotopic (exact) mass is 617 g/mol. The van der Waals surface area contributed by atoms with Crippen molar-refractivity contribution in [3.05, 3.63) is 24.3 Å². The molecule has 0 fully saturated rings. The van der Waals surface area contributed by atoms with Crippen LogP contribution >= 0.6 is 7.82 Å². The molecule has 0 aromatic heterocycles. The predicted molar refractivity (Wildman–Crippen MR) is 169 cm³/mol. The van der Waals surface area contributed by atoms with Crippen molar-refractivity contribution in [2.24, 2.45) is 0 Å². The lowest BCUT2D eigenvalue weighted by molar-refractivity contribution is -0.147. The van der Waals surface area contributed by atoms with Gasteiger partial charge in [0.15, 0.2) is 0 Å². The van der Waals surface area contributed by atoms with Gasteiger partial charge < -0.3 is 20.1 Å². The lowest BCUT2D eigenvalue weighted by atomic mass is 10.1. The summed E-state index contributed by atoms with van der Waals surface area (Å²) in [7, 11) is -4.40. The zero-order valence-electron chi connectivity index (χ0n) is 26.4.